The molecule has 1 heterocycles. The van der Waals surface area contributed by atoms with Crippen LogP contribution in [0.1, 0.15) is 19.3 Å². The lowest BCUT2D eigenvalue weighted by atomic mass is 10.1. The van der Waals surface area contributed by atoms with Crippen LogP contribution >= 0.6 is 0 Å². The molecule has 2 aliphatic rings. The summed E-state index contributed by atoms with van der Waals surface area (Å²) in [6.07, 6.45) is 3.89. The predicted octanol–water partition coefficient (Wildman–Crippen LogP) is 0.114. The number of nitrogens with two attached hydrogens (primary N) is 1. The molecule has 0 radical (unpaired) electrons. The normalized spacial score (nSPS) is 38.3. The van der Waals surface area contributed by atoms with Crippen LogP contribution in [-0.2, 0) is 0 Å². The van der Waals surface area contributed by atoms with Gasteiger partial charge in [0.15, 0.2) is 0 Å². The average molecular weight is 183 g/mol. The van der Waals surface area contributed by atoms with Crippen molar-refractivity contribution in [1.29, 1.82) is 0 Å². The van der Waals surface area contributed by atoms with E-state index in [1.807, 2.05) is 0 Å². The van der Waals surface area contributed by atoms with E-state index in [4.69, 9.17) is 5.73 Å². The maximum Gasteiger partial charge on any atom is 0.0248 e. The molecule has 1 saturated heterocycles. The van der Waals surface area contributed by atoms with Crippen LogP contribution < -0.4 is 5.73 Å². The molecule has 76 valence electrons. The molecule has 0 unspecified atom stereocenters. The molecule has 1 aliphatic carbocycles. The second kappa shape index (κ2) is 3.95. The van der Waals surface area contributed by atoms with Crippen LogP contribution in [0, 0.1) is 0 Å². The highest BCUT2D eigenvalue weighted by Crippen LogP contribution is 2.23. The van der Waals surface area contributed by atoms with Gasteiger partial charge in [-0.3, -0.25) is 4.90 Å². The maximum atomic E-state index is 6.09. The monoisotopic (exact) mass is 183 g/mol. The summed E-state index contributed by atoms with van der Waals surface area (Å²) in [5.41, 5.74) is 6.09. The largest absolute Gasteiger partial charge is 0.326 e. The van der Waals surface area contributed by atoms with Crippen molar-refractivity contribution in [2.75, 3.05) is 33.2 Å². The van der Waals surface area contributed by atoms with Crippen molar-refractivity contribution in [2.45, 2.75) is 31.3 Å². The summed E-state index contributed by atoms with van der Waals surface area (Å²) in [4.78, 5) is 4.99. The third-order valence-electron chi connectivity index (χ3n) is 3.54. The van der Waals surface area contributed by atoms with E-state index in [1.165, 1.54) is 45.4 Å². The van der Waals surface area contributed by atoms with Gasteiger partial charge in [0, 0.05) is 38.3 Å². The summed E-state index contributed by atoms with van der Waals surface area (Å²) in [7, 11) is 2.20. The van der Waals surface area contributed by atoms with Crippen LogP contribution in [0.25, 0.3) is 0 Å². The third-order valence-corrected chi connectivity index (χ3v) is 3.54. The second-order valence-corrected chi connectivity index (χ2v) is 4.50. The van der Waals surface area contributed by atoms with Crippen LogP contribution in [0.2, 0.25) is 0 Å². The van der Waals surface area contributed by atoms with Crippen LogP contribution in [-0.4, -0.2) is 55.1 Å². The van der Waals surface area contributed by atoms with Crippen molar-refractivity contribution in [3.05, 3.63) is 0 Å². The Morgan fingerprint density at radius 1 is 1.08 bits per heavy atom. The Labute approximate surface area is 80.9 Å². The van der Waals surface area contributed by atoms with Crippen LogP contribution in [0.15, 0.2) is 0 Å². The molecule has 0 aromatic heterocycles. The number of nitrogens with zero attached hydrogens (tertiary/aromatic N) is 2. The topological polar surface area (TPSA) is 32.5 Å². The Bertz CT molecular complexity index is 164. The van der Waals surface area contributed by atoms with Crippen molar-refractivity contribution < 1.29 is 0 Å². The average Bonchev–Trinajstić information content (AvgIpc) is 2.53. The predicted molar refractivity (Wildman–Crippen MR) is 54.7 cm³/mol. The van der Waals surface area contributed by atoms with Gasteiger partial charge in [-0.15, -0.1) is 0 Å². The van der Waals surface area contributed by atoms with E-state index < -0.39 is 0 Å². The minimum atomic E-state index is 0.448. The first-order valence-electron chi connectivity index (χ1n) is 5.45. The Kier molecular flexibility index (Phi) is 2.86. The zero-order valence-corrected chi connectivity index (χ0v) is 8.58. The van der Waals surface area contributed by atoms with Gasteiger partial charge in [-0.1, -0.05) is 6.42 Å². The van der Waals surface area contributed by atoms with Crippen molar-refractivity contribution in [1.82, 2.24) is 9.80 Å². The molecule has 3 heteroatoms. The van der Waals surface area contributed by atoms with E-state index >= 15 is 0 Å². The zero-order chi connectivity index (χ0) is 9.26. The molecule has 2 fully saturated rings. The molecule has 0 amide bonds. The van der Waals surface area contributed by atoms with Crippen molar-refractivity contribution in [3.8, 4) is 0 Å². The molecular weight excluding hydrogens is 162 g/mol. The molecular formula is C10H21N3. The molecule has 0 bridgehead atoms. The quantitative estimate of drug-likeness (QED) is 0.626. The molecule has 2 N–H and O–H groups in total. The third kappa shape index (κ3) is 2.03. The molecule has 0 aromatic rings. The lowest BCUT2D eigenvalue weighted by molar-refractivity contribution is 0.106. The van der Waals surface area contributed by atoms with Crippen LogP contribution in [0.4, 0.5) is 0 Å². The summed E-state index contributed by atoms with van der Waals surface area (Å²) in [6.45, 7) is 4.86. The fraction of sp³-hybridized carbons (Fsp3) is 1.00. The van der Waals surface area contributed by atoms with Gasteiger partial charge in [0.05, 0.1) is 0 Å². The van der Waals surface area contributed by atoms with Gasteiger partial charge in [0.2, 0.25) is 0 Å². The van der Waals surface area contributed by atoms with Gasteiger partial charge >= 0.3 is 0 Å². The Balaban J connectivity index is 1.86. The Hall–Kier alpha value is -0.120. The van der Waals surface area contributed by atoms with Gasteiger partial charge in [-0.2, -0.15) is 0 Å². The highest BCUT2D eigenvalue weighted by Gasteiger charge is 2.30. The van der Waals surface area contributed by atoms with Gasteiger partial charge in [-0.25, -0.2) is 0 Å². The number of likely N-dealkylation sites (N-methyl/N-ethyl adjacent to an activating group) is 1. The molecule has 2 atom stereocenters. The first-order valence-corrected chi connectivity index (χ1v) is 5.45. The minimum Gasteiger partial charge on any atom is -0.326 e. The van der Waals surface area contributed by atoms with Gasteiger partial charge in [-0.05, 0) is 19.9 Å². The summed E-state index contributed by atoms with van der Waals surface area (Å²) in [5.74, 6) is 0. The molecule has 13 heavy (non-hydrogen) atoms. The fourth-order valence-corrected chi connectivity index (χ4v) is 2.58. The standard InChI is InChI=1S/C10H21N3/c1-12-5-7-13(8-6-12)10-4-2-3-9(10)11/h9-10H,2-8,11H2,1H3/t9-,10+/m1/s1. The minimum absolute atomic E-state index is 0.448. The highest BCUT2D eigenvalue weighted by atomic mass is 15.3. The number of piperazine rings is 1. The van der Waals surface area contributed by atoms with Crippen molar-refractivity contribution in [3.63, 3.8) is 0 Å². The van der Waals surface area contributed by atoms with E-state index in [-0.39, 0.29) is 0 Å². The lowest BCUT2D eigenvalue weighted by Gasteiger charge is -2.38. The molecule has 0 spiro atoms. The van der Waals surface area contributed by atoms with E-state index in [2.05, 4.69) is 16.8 Å². The number of rotatable bonds is 1. The van der Waals surface area contributed by atoms with Crippen LogP contribution in [0.3, 0.4) is 0 Å². The Morgan fingerprint density at radius 2 is 1.77 bits per heavy atom. The molecule has 0 aromatic carbocycles. The number of hydrogen-bond acceptors (Lipinski definition) is 3. The summed E-state index contributed by atoms with van der Waals surface area (Å²) in [6, 6.07) is 1.14. The van der Waals surface area contributed by atoms with E-state index in [1.54, 1.807) is 0 Å². The summed E-state index contributed by atoms with van der Waals surface area (Å²) in [5, 5.41) is 0. The van der Waals surface area contributed by atoms with Crippen molar-refractivity contribution in [2.24, 2.45) is 5.73 Å². The van der Waals surface area contributed by atoms with E-state index in [0.29, 0.717) is 12.1 Å². The smallest absolute Gasteiger partial charge is 0.0248 e. The van der Waals surface area contributed by atoms with Gasteiger partial charge < -0.3 is 10.6 Å². The molecule has 2 rings (SSSR count). The first kappa shape index (κ1) is 9.44. The van der Waals surface area contributed by atoms with Crippen molar-refractivity contribution >= 4 is 0 Å². The highest BCUT2D eigenvalue weighted by molar-refractivity contribution is 4.89. The molecule has 1 saturated carbocycles. The fourth-order valence-electron chi connectivity index (χ4n) is 2.58. The lowest BCUT2D eigenvalue weighted by Crippen LogP contribution is -2.52. The summed E-state index contributed by atoms with van der Waals surface area (Å²) < 4.78 is 0. The second-order valence-electron chi connectivity index (χ2n) is 4.50. The van der Waals surface area contributed by atoms with Gasteiger partial charge in [0.25, 0.3) is 0 Å². The van der Waals surface area contributed by atoms with E-state index in [9.17, 15) is 0 Å². The number of hydrogen-bond donors (Lipinski definition) is 1. The zero-order valence-electron chi connectivity index (χ0n) is 8.58. The SMILES string of the molecule is CN1CCN([C@H]2CCC[C@H]2N)CC1. The maximum absolute atomic E-state index is 6.09. The Morgan fingerprint density at radius 3 is 2.31 bits per heavy atom. The van der Waals surface area contributed by atoms with Crippen LogP contribution in [0.5, 0.6) is 0 Å². The molecule has 1 aliphatic heterocycles. The summed E-state index contributed by atoms with van der Waals surface area (Å²) >= 11 is 0. The first-order chi connectivity index (χ1) is 6.27. The van der Waals surface area contributed by atoms with Gasteiger partial charge in [0.1, 0.15) is 0 Å². The molecule has 3 nitrogen and oxygen atoms in total. The van der Waals surface area contributed by atoms with E-state index in [0.717, 1.165) is 0 Å².